The van der Waals surface area contributed by atoms with Crippen LogP contribution in [0.5, 0.6) is 0 Å². The van der Waals surface area contributed by atoms with Gasteiger partial charge in [0.1, 0.15) is 5.00 Å². The molecule has 0 spiro atoms. The molecule has 0 bridgehead atoms. The van der Waals surface area contributed by atoms with E-state index >= 15 is 0 Å². The molecule has 32 heavy (non-hydrogen) atoms. The number of hydrogen-bond acceptors (Lipinski definition) is 2. The topological polar surface area (TPSA) is 37.3 Å². The van der Waals surface area contributed by atoms with Crippen LogP contribution in [-0.2, 0) is 19.4 Å². The van der Waals surface area contributed by atoms with Gasteiger partial charge in [0.25, 0.3) is 0 Å². The predicted octanol–water partition coefficient (Wildman–Crippen LogP) is 6.28. The van der Waals surface area contributed by atoms with Gasteiger partial charge in [0.2, 0.25) is 0 Å². The maximum Gasteiger partial charge on any atom is 0.318 e. The number of thiophene rings is 1. The number of fused-ring (bicyclic) bond motifs is 5. The fourth-order valence-electron chi connectivity index (χ4n) is 5.91. The highest BCUT2D eigenvalue weighted by atomic mass is 32.1. The van der Waals surface area contributed by atoms with E-state index in [4.69, 9.17) is 0 Å². The van der Waals surface area contributed by atoms with Crippen molar-refractivity contribution >= 4 is 17.4 Å². The van der Waals surface area contributed by atoms with Crippen molar-refractivity contribution in [2.75, 3.05) is 0 Å². The quantitative estimate of drug-likeness (QED) is 0.495. The molecule has 1 aliphatic heterocycles. The number of amides is 2. The molecule has 0 unspecified atom stereocenters. The summed E-state index contributed by atoms with van der Waals surface area (Å²) in [5.74, 6) is 0. The second-order valence-corrected chi connectivity index (χ2v) is 10.8. The third-order valence-corrected chi connectivity index (χ3v) is 8.81. The highest BCUT2D eigenvalue weighted by Gasteiger charge is 2.36. The Morgan fingerprint density at radius 1 is 1.03 bits per heavy atom. The minimum atomic E-state index is -0.0925. The van der Waals surface area contributed by atoms with Crippen LogP contribution in [0.1, 0.15) is 77.4 Å². The molecule has 0 radical (unpaired) electrons. The number of carbonyl (C=O) groups excluding carboxylic acids is 1. The number of aryl methyl sites for hydroxylation is 2. The predicted molar refractivity (Wildman–Crippen MR) is 130 cm³/mol. The molecule has 0 saturated heterocycles. The Morgan fingerprint density at radius 2 is 1.88 bits per heavy atom. The number of carbonyl (C=O) groups is 1. The van der Waals surface area contributed by atoms with Crippen LogP contribution in [0.2, 0.25) is 0 Å². The molecule has 1 atom stereocenters. The van der Waals surface area contributed by atoms with E-state index < -0.39 is 0 Å². The van der Waals surface area contributed by atoms with Crippen LogP contribution < -0.4 is 5.32 Å². The van der Waals surface area contributed by atoms with Crippen LogP contribution >= 0.6 is 11.3 Å². The molecule has 3 aromatic rings. The Balaban J connectivity index is 1.49. The zero-order valence-electron chi connectivity index (χ0n) is 18.8. The fourth-order valence-corrected chi connectivity index (χ4v) is 7.31. The van der Waals surface area contributed by atoms with Crippen molar-refractivity contribution in [2.24, 2.45) is 0 Å². The minimum absolute atomic E-state index is 0.0831. The first-order chi connectivity index (χ1) is 15.7. The highest BCUT2D eigenvalue weighted by Crippen LogP contribution is 2.44. The van der Waals surface area contributed by atoms with Crippen LogP contribution in [0.4, 0.5) is 4.79 Å². The van der Waals surface area contributed by atoms with Crippen molar-refractivity contribution in [1.82, 2.24) is 14.8 Å². The lowest BCUT2D eigenvalue weighted by atomic mass is 9.95. The van der Waals surface area contributed by atoms with Crippen molar-refractivity contribution in [3.05, 3.63) is 75.4 Å². The summed E-state index contributed by atoms with van der Waals surface area (Å²) in [4.78, 5) is 17.5. The van der Waals surface area contributed by atoms with E-state index in [2.05, 4.69) is 64.3 Å². The third-order valence-electron chi connectivity index (χ3n) is 7.48. The summed E-state index contributed by atoms with van der Waals surface area (Å²) in [6, 6.07) is 13.3. The van der Waals surface area contributed by atoms with Gasteiger partial charge in [-0.15, -0.1) is 11.3 Å². The lowest BCUT2D eigenvalue weighted by Crippen LogP contribution is -2.45. The van der Waals surface area contributed by atoms with Crippen molar-refractivity contribution < 1.29 is 4.79 Å². The Labute approximate surface area is 194 Å². The van der Waals surface area contributed by atoms with Crippen LogP contribution in [0.3, 0.4) is 0 Å². The molecule has 2 aromatic heterocycles. The number of nitrogens with zero attached hydrogens (tertiary/aromatic N) is 2. The molecule has 1 aromatic carbocycles. The SMILES string of the molecule is Cc1cccc([C@H]2c3cccn3-c3sc4c(c3CN2C(=O)NC2CCCC2)CCCC4)c1. The number of urea groups is 1. The van der Waals surface area contributed by atoms with E-state index in [-0.39, 0.29) is 12.1 Å². The van der Waals surface area contributed by atoms with E-state index in [1.165, 1.54) is 69.9 Å². The molecule has 3 aliphatic rings. The molecule has 166 valence electrons. The summed E-state index contributed by atoms with van der Waals surface area (Å²) in [7, 11) is 0. The van der Waals surface area contributed by atoms with Crippen LogP contribution in [0, 0.1) is 6.92 Å². The monoisotopic (exact) mass is 445 g/mol. The summed E-state index contributed by atoms with van der Waals surface area (Å²) in [6.07, 6.45) is 11.7. The zero-order chi connectivity index (χ0) is 21.7. The third kappa shape index (κ3) is 3.38. The van der Waals surface area contributed by atoms with Gasteiger partial charge in [-0.1, -0.05) is 42.7 Å². The standard InChI is InChI=1S/C27H31N3OS/c1-18-8-6-9-19(16-18)25-23-13-7-15-29(23)26-22(21-12-4-5-14-24(21)32-26)17-30(25)27(31)28-20-10-2-3-11-20/h6-9,13,15-16,20,25H,2-5,10-12,14,17H2,1H3,(H,28,31)/t25-/m0/s1. The maximum atomic E-state index is 13.8. The summed E-state index contributed by atoms with van der Waals surface area (Å²) in [6.45, 7) is 2.81. The molecular weight excluding hydrogens is 414 g/mol. The van der Waals surface area contributed by atoms with Crippen molar-refractivity contribution in [1.29, 1.82) is 0 Å². The second kappa shape index (κ2) is 8.11. The highest BCUT2D eigenvalue weighted by molar-refractivity contribution is 7.15. The number of aromatic nitrogens is 1. The van der Waals surface area contributed by atoms with Crippen LogP contribution in [0.15, 0.2) is 42.6 Å². The molecule has 6 rings (SSSR count). The van der Waals surface area contributed by atoms with Gasteiger partial charge in [-0.05, 0) is 68.7 Å². The average Bonchev–Trinajstić information content (AvgIpc) is 3.53. The van der Waals surface area contributed by atoms with Gasteiger partial charge in [-0.3, -0.25) is 0 Å². The first-order valence-corrected chi connectivity index (χ1v) is 13.0. The van der Waals surface area contributed by atoms with Gasteiger partial charge in [-0.25, -0.2) is 4.79 Å². The van der Waals surface area contributed by atoms with Crippen LogP contribution in [-0.4, -0.2) is 21.5 Å². The number of benzene rings is 1. The van der Waals surface area contributed by atoms with E-state index in [0.29, 0.717) is 12.6 Å². The van der Waals surface area contributed by atoms with Gasteiger partial charge in [-0.2, -0.15) is 0 Å². The van der Waals surface area contributed by atoms with E-state index in [1.54, 1.807) is 0 Å². The van der Waals surface area contributed by atoms with E-state index in [9.17, 15) is 4.79 Å². The van der Waals surface area contributed by atoms with Gasteiger partial charge in [0, 0.05) is 22.7 Å². The molecule has 1 N–H and O–H groups in total. The van der Waals surface area contributed by atoms with Gasteiger partial charge in [0.15, 0.2) is 0 Å². The number of rotatable bonds is 2. The smallest absolute Gasteiger partial charge is 0.318 e. The lowest BCUT2D eigenvalue weighted by molar-refractivity contribution is 0.176. The fraction of sp³-hybridized carbons (Fsp3) is 0.444. The molecule has 5 heteroatoms. The molecule has 1 fully saturated rings. The Hall–Kier alpha value is -2.53. The Kier molecular flexibility index (Phi) is 5.09. The van der Waals surface area contributed by atoms with Crippen molar-refractivity contribution in [3.8, 4) is 5.00 Å². The Bertz CT molecular complexity index is 1150. The first-order valence-electron chi connectivity index (χ1n) is 12.1. The van der Waals surface area contributed by atoms with E-state index in [1.807, 2.05) is 11.3 Å². The molecular formula is C27H31N3OS. The van der Waals surface area contributed by atoms with E-state index in [0.717, 1.165) is 19.3 Å². The molecule has 4 nitrogen and oxygen atoms in total. The summed E-state index contributed by atoms with van der Waals surface area (Å²) in [5, 5.41) is 4.72. The van der Waals surface area contributed by atoms with Crippen molar-refractivity contribution in [3.63, 3.8) is 0 Å². The minimum Gasteiger partial charge on any atom is -0.335 e. The maximum absolute atomic E-state index is 13.8. The zero-order valence-corrected chi connectivity index (χ0v) is 19.6. The molecule has 2 amide bonds. The Morgan fingerprint density at radius 3 is 2.72 bits per heavy atom. The van der Waals surface area contributed by atoms with Gasteiger partial charge < -0.3 is 14.8 Å². The molecule has 1 saturated carbocycles. The summed E-state index contributed by atoms with van der Waals surface area (Å²) in [5.41, 5.74) is 6.50. The average molecular weight is 446 g/mol. The summed E-state index contributed by atoms with van der Waals surface area (Å²) >= 11 is 1.95. The molecule has 2 aliphatic carbocycles. The number of hydrogen-bond donors (Lipinski definition) is 1. The van der Waals surface area contributed by atoms with Gasteiger partial charge in [0.05, 0.1) is 18.3 Å². The van der Waals surface area contributed by atoms with Gasteiger partial charge >= 0.3 is 6.03 Å². The second-order valence-electron chi connectivity index (χ2n) is 9.67. The largest absolute Gasteiger partial charge is 0.335 e. The number of nitrogens with one attached hydrogen (secondary N) is 1. The summed E-state index contributed by atoms with van der Waals surface area (Å²) < 4.78 is 2.37. The normalized spacial score (nSPS) is 20.4. The van der Waals surface area contributed by atoms with Crippen molar-refractivity contribution in [2.45, 2.75) is 76.9 Å². The first kappa shape index (κ1) is 20.1. The lowest BCUT2D eigenvalue weighted by Gasteiger charge is -2.32. The molecule has 3 heterocycles. The van der Waals surface area contributed by atoms with Crippen LogP contribution in [0.25, 0.3) is 5.00 Å².